The fourth-order valence-electron chi connectivity index (χ4n) is 2.11. The number of carbonyl (C=O) groups is 1. The molecule has 0 aliphatic carbocycles. The van der Waals surface area contributed by atoms with Gasteiger partial charge in [-0.05, 0) is 62.2 Å². The Balaban J connectivity index is 1.74. The molecule has 0 saturated heterocycles. The highest BCUT2D eigenvalue weighted by Crippen LogP contribution is 2.19. The van der Waals surface area contributed by atoms with E-state index in [1.165, 1.54) is 0 Å². The number of aryl methyl sites for hydroxylation is 2. The maximum atomic E-state index is 12.0. The number of hydrogen-bond acceptors (Lipinski definition) is 3. The number of carbonyl (C=O) groups excluding carboxylic acids is 1. The fourth-order valence-corrected chi connectivity index (χ4v) is 2.24. The van der Waals surface area contributed by atoms with Crippen LogP contribution < -0.4 is 14.8 Å². The van der Waals surface area contributed by atoms with Gasteiger partial charge in [0, 0.05) is 5.02 Å². The predicted molar refractivity (Wildman–Crippen MR) is 96.0 cm³/mol. The van der Waals surface area contributed by atoms with E-state index in [4.69, 9.17) is 21.1 Å². The third-order valence-corrected chi connectivity index (χ3v) is 3.75. The normalized spacial score (nSPS) is 11.7. The van der Waals surface area contributed by atoms with Crippen LogP contribution in [0.2, 0.25) is 5.02 Å². The van der Waals surface area contributed by atoms with Gasteiger partial charge in [0.2, 0.25) is 0 Å². The molecule has 5 heteroatoms. The minimum absolute atomic E-state index is 0.186. The number of ether oxygens (including phenoxy) is 2. The van der Waals surface area contributed by atoms with E-state index in [2.05, 4.69) is 5.32 Å². The monoisotopic (exact) mass is 347 g/mol. The Hall–Kier alpha value is -2.20. The lowest BCUT2D eigenvalue weighted by Crippen LogP contribution is -2.38. The van der Waals surface area contributed by atoms with E-state index < -0.39 is 6.10 Å². The molecule has 0 aliphatic heterocycles. The number of amides is 1. The molecule has 4 nitrogen and oxygen atoms in total. The van der Waals surface area contributed by atoms with Crippen LogP contribution in [0.3, 0.4) is 0 Å². The summed E-state index contributed by atoms with van der Waals surface area (Å²) in [5.74, 6) is 1.26. The summed E-state index contributed by atoms with van der Waals surface area (Å²) in [7, 11) is 0. The van der Waals surface area contributed by atoms with Crippen molar-refractivity contribution >= 4 is 17.5 Å². The lowest BCUT2D eigenvalue weighted by Gasteiger charge is -2.15. The largest absolute Gasteiger partial charge is 0.491 e. The first-order valence-corrected chi connectivity index (χ1v) is 8.23. The van der Waals surface area contributed by atoms with Crippen molar-refractivity contribution in [3.8, 4) is 11.5 Å². The van der Waals surface area contributed by atoms with E-state index in [1.54, 1.807) is 31.2 Å². The summed E-state index contributed by atoms with van der Waals surface area (Å²) >= 11 is 5.82. The standard InChI is InChI=1S/C19H22ClNO3/c1-13-4-5-14(2)18(12-13)23-11-10-21-19(22)15(3)24-17-8-6-16(20)7-9-17/h4-9,12,15H,10-11H2,1-3H3,(H,21,22)/t15-/m0/s1. The Kier molecular flexibility index (Phi) is 6.50. The van der Waals surface area contributed by atoms with E-state index in [9.17, 15) is 4.79 Å². The summed E-state index contributed by atoms with van der Waals surface area (Å²) in [6, 6.07) is 13.0. The van der Waals surface area contributed by atoms with E-state index in [1.807, 2.05) is 32.0 Å². The second kappa shape index (κ2) is 8.60. The summed E-state index contributed by atoms with van der Waals surface area (Å²) in [6.07, 6.45) is -0.591. The highest BCUT2D eigenvalue weighted by molar-refractivity contribution is 6.30. The Morgan fingerprint density at radius 1 is 1.17 bits per heavy atom. The quantitative estimate of drug-likeness (QED) is 0.772. The van der Waals surface area contributed by atoms with Crippen molar-refractivity contribution in [1.29, 1.82) is 0 Å². The summed E-state index contributed by atoms with van der Waals surface area (Å²) in [5.41, 5.74) is 2.22. The van der Waals surface area contributed by atoms with Gasteiger partial charge in [-0.1, -0.05) is 23.7 Å². The third kappa shape index (κ3) is 5.46. The average molecular weight is 348 g/mol. The first-order valence-electron chi connectivity index (χ1n) is 7.85. The third-order valence-electron chi connectivity index (χ3n) is 3.50. The smallest absolute Gasteiger partial charge is 0.260 e. The maximum absolute atomic E-state index is 12.0. The molecule has 2 aromatic carbocycles. The average Bonchev–Trinajstić information content (AvgIpc) is 2.56. The summed E-state index contributed by atoms with van der Waals surface area (Å²) < 4.78 is 11.3. The number of rotatable bonds is 7. The molecule has 0 unspecified atom stereocenters. The molecule has 2 aromatic rings. The molecule has 0 radical (unpaired) electrons. The van der Waals surface area contributed by atoms with Crippen LogP contribution in [0.4, 0.5) is 0 Å². The van der Waals surface area contributed by atoms with Crippen LogP contribution in [0, 0.1) is 13.8 Å². The van der Waals surface area contributed by atoms with Crippen molar-refractivity contribution in [3.63, 3.8) is 0 Å². The zero-order chi connectivity index (χ0) is 17.5. The Labute approximate surface area is 147 Å². The molecule has 24 heavy (non-hydrogen) atoms. The van der Waals surface area contributed by atoms with Crippen molar-refractivity contribution in [3.05, 3.63) is 58.6 Å². The van der Waals surface area contributed by atoms with Gasteiger partial charge in [0.05, 0.1) is 6.54 Å². The molecule has 1 N–H and O–H groups in total. The number of hydrogen-bond donors (Lipinski definition) is 1. The molecular weight excluding hydrogens is 326 g/mol. The highest BCUT2D eigenvalue weighted by Gasteiger charge is 2.14. The zero-order valence-corrected chi connectivity index (χ0v) is 14.9. The summed E-state index contributed by atoms with van der Waals surface area (Å²) in [4.78, 5) is 12.0. The van der Waals surface area contributed by atoms with Gasteiger partial charge in [0.15, 0.2) is 6.10 Å². The topological polar surface area (TPSA) is 47.6 Å². The van der Waals surface area contributed by atoms with E-state index in [0.29, 0.717) is 23.9 Å². The van der Waals surface area contributed by atoms with Gasteiger partial charge in [-0.15, -0.1) is 0 Å². The van der Waals surface area contributed by atoms with Crippen LogP contribution in [0.1, 0.15) is 18.1 Å². The van der Waals surface area contributed by atoms with Gasteiger partial charge in [0.25, 0.3) is 5.91 Å². The Morgan fingerprint density at radius 2 is 1.88 bits per heavy atom. The molecule has 0 heterocycles. The van der Waals surface area contributed by atoms with E-state index in [0.717, 1.165) is 16.9 Å². The molecule has 0 bridgehead atoms. The zero-order valence-electron chi connectivity index (χ0n) is 14.1. The van der Waals surface area contributed by atoms with Crippen molar-refractivity contribution in [2.45, 2.75) is 26.9 Å². The van der Waals surface area contributed by atoms with Crippen LogP contribution in [-0.4, -0.2) is 25.2 Å². The lowest BCUT2D eigenvalue weighted by atomic mass is 10.1. The molecule has 0 aromatic heterocycles. The van der Waals surface area contributed by atoms with Crippen LogP contribution in [-0.2, 0) is 4.79 Å². The van der Waals surface area contributed by atoms with Crippen LogP contribution >= 0.6 is 11.6 Å². The molecule has 0 spiro atoms. The van der Waals surface area contributed by atoms with Gasteiger partial charge < -0.3 is 14.8 Å². The number of halogens is 1. The van der Waals surface area contributed by atoms with Gasteiger partial charge in [-0.25, -0.2) is 0 Å². The molecule has 0 aliphatic rings. The minimum Gasteiger partial charge on any atom is -0.491 e. The second-order valence-corrected chi connectivity index (χ2v) is 6.06. The number of nitrogens with one attached hydrogen (secondary N) is 1. The van der Waals surface area contributed by atoms with Gasteiger partial charge in [-0.2, -0.15) is 0 Å². The minimum atomic E-state index is -0.591. The number of benzene rings is 2. The summed E-state index contributed by atoms with van der Waals surface area (Å²) in [5, 5.41) is 3.43. The molecule has 0 saturated carbocycles. The Morgan fingerprint density at radius 3 is 2.58 bits per heavy atom. The van der Waals surface area contributed by atoms with Gasteiger partial charge in [0.1, 0.15) is 18.1 Å². The molecule has 1 amide bonds. The second-order valence-electron chi connectivity index (χ2n) is 5.62. The molecule has 1 atom stereocenters. The Bertz CT molecular complexity index is 686. The van der Waals surface area contributed by atoms with Crippen LogP contribution in [0.25, 0.3) is 0 Å². The highest BCUT2D eigenvalue weighted by atomic mass is 35.5. The first-order chi connectivity index (χ1) is 11.5. The van der Waals surface area contributed by atoms with Crippen molar-refractivity contribution in [2.75, 3.05) is 13.2 Å². The van der Waals surface area contributed by atoms with Crippen LogP contribution in [0.5, 0.6) is 11.5 Å². The maximum Gasteiger partial charge on any atom is 0.260 e. The first kappa shape index (κ1) is 18.1. The van der Waals surface area contributed by atoms with Crippen LogP contribution in [0.15, 0.2) is 42.5 Å². The van der Waals surface area contributed by atoms with E-state index in [-0.39, 0.29) is 5.91 Å². The SMILES string of the molecule is Cc1ccc(C)c(OCCNC(=O)[C@H](C)Oc2ccc(Cl)cc2)c1. The molecule has 0 fully saturated rings. The molecule has 128 valence electrons. The van der Waals surface area contributed by atoms with E-state index >= 15 is 0 Å². The molecular formula is C19H22ClNO3. The van der Waals surface area contributed by atoms with Crippen molar-refractivity contribution in [1.82, 2.24) is 5.32 Å². The predicted octanol–water partition coefficient (Wildman–Crippen LogP) is 3.92. The van der Waals surface area contributed by atoms with Gasteiger partial charge in [-0.3, -0.25) is 4.79 Å². The van der Waals surface area contributed by atoms with Gasteiger partial charge >= 0.3 is 0 Å². The van der Waals surface area contributed by atoms with Crippen molar-refractivity contribution < 1.29 is 14.3 Å². The summed E-state index contributed by atoms with van der Waals surface area (Å²) in [6.45, 7) is 6.54. The molecule has 2 rings (SSSR count). The lowest BCUT2D eigenvalue weighted by molar-refractivity contribution is -0.127. The van der Waals surface area contributed by atoms with Crippen molar-refractivity contribution in [2.24, 2.45) is 0 Å². The fraction of sp³-hybridized carbons (Fsp3) is 0.316.